The number of nitrogens with zero attached hydrogens (tertiary/aromatic N) is 3. The van der Waals surface area contributed by atoms with Gasteiger partial charge in [0.1, 0.15) is 5.84 Å². The van der Waals surface area contributed by atoms with Crippen molar-refractivity contribution in [3.63, 3.8) is 0 Å². The second kappa shape index (κ2) is 5.28. The third-order valence-electron chi connectivity index (χ3n) is 3.50. The maximum atomic E-state index is 7.81. The molecule has 0 aliphatic carbocycles. The average molecular weight is 269 g/mol. The minimum atomic E-state index is 0.0101. The summed E-state index contributed by atoms with van der Waals surface area (Å²) in [6.07, 6.45) is 0. The molecule has 0 saturated heterocycles. The van der Waals surface area contributed by atoms with Gasteiger partial charge in [-0.3, -0.25) is 5.41 Å². The van der Waals surface area contributed by atoms with Gasteiger partial charge in [-0.2, -0.15) is 5.10 Å². The first-order valence-electron chi connectivity index (χ1n) is 6.41. The first kappa shape index (κ1) is 14.0. The summed E-state index contributed by atoms with van der Waals surface area (Å²) < 4.78 is 0. The van der Waals surface area contributed by atoms with E-state index in [4.69, 9.17) is 11.1 Å². The molecular formula is C15H19N5. The molecule has 0 radical (unpaired) electrons. The second-order valence-electron chi connectivity index (χ2n) is 4.87. The van der Waals surface area contributed by atoms with E-state index in [1.807, 2.05) is 57.0 Å². The lowest BCUT2D eigenvalue weighted by atomic mass is 10.1. The van der Waals surface area contributed by atoms with Gasteiger partial charge < -0.3 is 10.6 Å². The highest BCUT2D eigenvalue weighted by atomic mass is 15.3. The van der Waals surface area contributed by atoms with Gasteiger partial charge in [0.15, 0.2) is 5.82 Å². The highest BCUT2D eigenvalue weighted by molar-refractivity contribution is 6.01. The fourth-order valence-corrected chi connectivity index (χ4v) is 2.21. The van der Waals surface area contributed by atoms with Crippen molar-refractivity contribution in [2.75, 3.05) is 11.9 Å². The molecule has 5 heteroatoms. The highest BCUT2D eigenvalue weighted by Crippen LogP contribution is 2.29. The molecule has 0 saturated carbocycles. The van der Waals surface area contributed by atoms with Gasteiger partial charge in [-0.05, 0) is 38.0 Å². The van der Waals surface area contributed by atoms with Crippen LogP contribution in [0.25, 0.3) is 0 Å². The molecule has 0 atom stereocenters. The number of anilines is 2. The molecule has 1 aromatic heterocycles. The number of nitrogens with one attached hydrogen (secondary N) is 1. The van der Waals surface area contributed by atoms with Gasteiger partial charge >= 0.3 is 0 Å². The summed E-state index contributed by atoms with van der Waals surface area (Å²) in [5, 5.41) is 16.2. The Morgan fingerprint density at radius 1 is 1.15 bits per heavy atom. The molecule has 0 bridgehead atoms. The number of nitrogens with two attached hydrogens (primary N) is 1. The molecule has 0 aliphatic rings. The van der Waals surface area contributed by atoms with Crippen LogP contribution in [0, 0.1) is 26.2 Å². The second-order valence-corrected chi connectivity index (χ2v) is 4.87. The summed E-state index contributed by atoms with van der Waals surface area (Å²) >= 11 is 0. The van der Waals surface area contributed by atoms with Crippen molar-refractivity contribution in [1.29, 1.82) is 5.41 Å². The van der Waals surface area contributed by atoms with Crippen molar-refractivity contribution in [2.45, 2.75) is 20.8 Å². The summed E-state index contributed by atoms with van der Waals surface area (Å²) in [5.41, 5.74) is 10.2. The molecule has 2 aromatic rings. The van der Waals surface area contributed by atoms with E-state index in [0.29, 0.717) is 11.4 Å². The van der Waals surface area contributed by atoms with Gasteiger partial charge in [0, 0.05) is 12.7 Å². The Morgan fingerprint density at radius 3 is 2.40 bits per heavy atom. The number of nitrogen functional groups attached to an aromatic ring is 1. The molecule has 1 heterocycles. The molecular weight excluding hydrogens is 250 g/mol. The van der Waals surface area contributed by atoms with E-state index in [-0.39, 0.29) is 5.84 Å². The fourth-order valence-electron chi connectivity index (χ4n) is 2.21. The van der Waals surface area contributed by atoms with Crippen molar-refractivity contribution in [1.82, 2.24) is 10.2 Å². The summed E-state index contributed by atoms with van der Waals surface area (Å²) in [6.45, 7) is 5.82. The molecule has 0 spiro atoms. The smallest absolute Gasteiger partial charge is 0.166 e. The fraction of sp³-hybridized carbons (Fsp3) is 0.267. The molecule has 0 amide bonds. The number of hydrogen-bond donors (Lipinski definition) is 2. The predicted octanol–water partition coefficient (Wildman–Crippen LogP) is 2.45. The maximum absolute atomic E-state index is 7.81. The van der Waals surface area contributed by atoms with Crippen molar-refractivity contribution < 1.29 is 0 Å². The molecule has 20 heavy (non-hydrogen) atoms. The Labute approximate surface area is 119 Å². The van der Waals surface area contributed by atoms with E-state index in [1.165, 1.54) is 0 Å². The predicted molar refractivity (Wildman–Crippen MR) is 81.8 cm³/mol. The van der Waals surface area contributed by atoms with Crippen LogP contribution in [0.3, 0.4) is 0 Å². The van der Waals surface area contributed by atoms with Crippen LogP contribution in [0.5, 0.6) is 0 Å². The summed E-state index contributed by atoms with van der Waals surface area (Å²) in [5.74, 6) is 0.617. The van der Waals surface area contributed by atoms with Gasteiger partial charge in [0.05, 0.1) is 11.3 Å². The topological polar surface area (TPSA) is 78.9 Å². The zero-order chi connectivity index (χ0) is 14.9. The summed E-state index contributed by atoms with van der Waals surface area (Å²) in [6, 6.07) is 8.01. The van der Waals surface area contributed by atoms with E-state index in [0.717, 1.165) is 22.5 Å². The molecule has 104 valence electrons. The van der Waals surface area contributed by atoms with Crippen LogP contribution in [0.15, 0.2) is 24.3 Å². The van der Waals surface area contributed by atoms with E-state index in [1.54, 1.807) is 0 Å². The molecule has 0 aliphatic heterocycles. The summed E-state index contributed by atoms with van der Waals surface area (Å²) in [7, 11) is 1.91. The SMILES string of the molecule is Cc1ccccc1N(C)c1nnc(C)c(C)c1C(=N)N. The van der Waals surface area contributed by atoms with Crippen LogP contribution < -0.4 is 10.6 Å². The number of amidine groups is 1. The van der Waals surface area contributed by atoms with Crippen LogP contribution in [0.1, 0.15) is 22.4 Å². The number of aromatic nitrogens is 2. The first-order valence-corrected chi connectivity index (χ1v) is 6.41. The standard InChI is InChI=1S/C15H19N5/c1-9-7-5-6-8-12(9)20(4)15-13(14(16)17)10(2)11(3)18-19-15/h5-8H,1-4H3,(H3,16,17). The Kier molecular flexibility index (Phi) is 3.70. The van der Waals surface area contributed by atoms with Crippen molar-refractivity contribution in [3.05, 3.63) is 46.6 Å². The minimum absolute atomic E-state index is 0.0101. The quantitative estimate of drug-likeness (QED) is 0.662. The number of aryl methyl sites for hydroxylation is 2. The third-order valence-corrected chi connectivity index (χ3v) is 3.50. The van der Waals surface area contributed by atoms with Crippen molar-refractivity contribution in [3.8, 4) is 0 Å². The van der Waals surface area contributed by atoms with Crippen LogP contribution in [-0.2, 0) is 0 Å². The third kappa shape index (κ3) is 2.34. The normalized spacial score (nSPS) is 10.4. The molecule has 3 N–H and O–H groups in total. The van der Waals surface area contributed by atoms with Gasteiger partial charge in [-0.15, -0.1) is 5.10 Å². The largest absolute Gasteiger partial charge is 0.384 e. The Bertz CT molecular complexity index is 663. The van der Waals surface area contributed by atoms with Crippen LogP contribution in [0.4, 0.5) is 11.5 Å². The number of benzene rings is 1. The monoisotopic (exact) mass is 269 g/mol. The van der Waals surface area contributed by atoms with Crippen LogP contribution >= 0.6 is 0 Å². The highest BCUT2D eigenvalue weighted by Gasteiger charge is 2.18. The number of rotatable bonds is 3. The Hall–Kier alpha value is -2.43. The molecule has 0 unspecified atom stereocenters. The Morgan fingerprint density at radius 2 is 1.80 bits per heavy atom. The van der Waals surface area contributed by atoms with Crippen LogP contribution in [0.2, 0.25) is 0 Å². The Balaban J connectivity index is 2.61. The van der Waals surface area contributed by atoms with E-state index in [9.17, 15) is 0 Å². The van der Waals surface area contributed by atoms with Crippen molar-refractivity contribution >= 4 is 17.3 Å². The minimum Gasteiger partial charge on any atom is -0.384 e. The molecule has 5 nitrogen and oxygen atoms in total. The molecule has 0 fully saturated rings. The first-order chi connectivity index (χ1) is 9.43. The van der Waals surface area contributed by atoms with Crippen molar-refractivity contribution in [2.24, 2.45) is 5.73 Å². The lowest BCUT2D eigenvalue weighted by Crippen LogP contribution is -2.23. The van der Waals surface area contributed by atoms with Gasteiger partial charge in [-0.25, -0.2) is 0 Å². The number of hydrogen-bond acceptors (Lipinski definition) is 4. The van der Waals surface area contributed by atoms with Gasteiger partial charge in [-0.1, -0.05) is 18.2 Å². The van der Waals surface area contributed by atoms with Gasteiger partial charge in [0.25, 0.3) is 0 Å². The average Bonchev–Trinajstić information content (AvgIpc) is 2.41. The zero-order valence-electron chi connectivity index (χ0n) is 12.2. The summed E-state index contributed by atoms with van der Waals surface area (Å²) in [4.78, 5) is 1.92. The maximum Gasteiger partial charge on any atom is 0.166 e. The number of para-hydroxylation sites is 1. The van der Waals surface area contributed by atoms with Crippen LogP contribution in [-0.4, -0.2) is 23.1 Å². The van der Waals surface area contributed by atoms with Gasteiger partial charge in [0.2, 0.25) is 0 Å². The zero-order valence-corrected chi connectivity index (χ0v) is 12.2. The van der Waals surface area contributed by atoms with E-state index >= 15 is 0 Å². The van der Waals surface area contributed by atoms with E-state index < -0.39 is 0 Å². The molecule has 1 aromatic carbocycles. The lowest BCUT2D eigenvalue weighted by Gasteiger charge is -2.23. The lowest BCUT2D eigenvalue weighted by molar-refractivity contribution is 0.929. The van der Waals surface area contributed by atoms with E-state index in [2.05, 4.69) is 10.2 Å². The molecule has 2 rings (SSSR count).